The lowest BCUT2D eigenvalue weighted by Gasteiger charge is -2.22. The van der Waals surface area contributed by atoms with Gasteiger partial charge in [-0.2, -0.15) is 18.2 Å². The number of rotatable bonds is 5. The van der Waals surface area contributed by atoms with Gasteiger partial charge >= 0.3 is 5.76 Å². The number of nitrogens with zero attached hydrogens (tertiary/aromatic N) is 4. The van der Waals surface area contributed by atoms with E-state index < -0.39 is 36.4 Å². The van der Waals surface area contributed by atoms with Gasteiger partial charge in [0.05, 0.1) is 16.7 Å². The molecule has 1 aromatic carbocycles. The Hall–Kier alpha value is -2.38. The molecule has 0 atom stereocenters. The van der Waals surface area contributed by atoms with Crippen LogP contribution in [0, 0.1) is 0 Å². The van der Waals surface area contributed by atoms with E-state index in [2.05, 4.69) is 5.10 Å². The fraction of sp³-hybridized carbons (Fsp3) is 0.412. The number of sulfonamides is 1. The zero-order valence-electron chi connectivity index (χ0n) is 16.0. The predicted molar refractivity (Wildman–Crippen MR) is 102 cm³/mol. The van der Waals surface area contributed by atoms with Crippen LogP contribution in [-0.2, 0) is 26.9 Å². The first-order valence-electron chi connectivity index (χ1n) is 8.94. The van der Waals surface area contributed by atoms with Crippen LogP contribution in [0.4, 0.5) is 8.78 Å². The lowest BCUT2D eigenvalue weighted by Crippen LogP contribution is -2.37. The van der Waals surface area contributed by atoms with Gasteiger partial charge in [0.2, 0.25) is 19.9 Å². The van der Waals surface area contributed by atoms with Gasteiger partial charge < -0.3 is 4.90 Å². The molecule has 2 aromatic rings. The van der Waals surface area contributed by atoms with Crippen molar-refractivity contribution in [1.29, 1.82) is 0 Å². The van der Waals surface area contributed by atoms with Crippen molar-refractivity contribution in [3.63, 3.8) is 0 Å². The molecule has 2 heterocycles. The third kappa shape index (κ3) is 4.23. The average molecular weight is 463 g/mol. The van der Waals surface area contributed by atoms with Crippen molar-refractivity contribution in [2.75, 3.05) is 26.2 Å². The summed E-state index contributed by atoms with van der Waals surface area (Å²) in [6, 6.07) is 4.78. The van der Waals surface area contributed by atoms with Crippen molar-refractivity contribution in [3.05, 3.63) is 42.2 Å². The number of benzene rings is 1. The van der Waals surface area contributed by atoms with Gasteiger partial charge in [-0.1, -0.05) is 12.1 Å². The lowest BCUT2D eigenvalue weighted by molar-refractivity contribution is 0.0760. The van der Waals surface area contributed by atoms with Crippen LogP contribution in [0.3, 0.4) is 0 Å². The van der Waals surface area contributed by atoms with Gasteiger partial charge in [0.1, 0.15) is 4.90 Å². The maximum Gasteiger partial charge on any atom is 0.341 e. The minimum atomic E-state index is -4.96. The molecule has 0 aliphatic carbocycles. The molecule has 13 heteroatoms. The number of alkyl halides is 2. The summed E-state index contributed by atoms with van der Waals surface area (Å²) >= 11 is 0. The maximum absolute atomic E-state index is 13.0. The van der Waals surface area contributed by atoms with Gasteiger partial charge in [-0.25, -0.2) is 16.8 Å². The molecule has 1 saturated heterocycles. The first-order chi connectivity index (χ1) is 14.0. The highest BCUT2D eigenvalue weighted by Crippen LogP contribution is 2.24. The van der Waals surface area contributed by atoms with Crippen LogP contribution in [0.5, 0.6) is 0 Å². The topological polar surface area (TPSA) is 110 Å². The molecule has 0 unspecified atom stereocenters. The molecule has 3 rings (SSSR count). The summed E-state index contributed by atoms with van der Waals surface area (Å²) < 4.78 is 78.0. The number of carbonyl (C=O) groups excluding carboxylic acids is 1. The van der Waals surface area contributed by atoms with Crippen molar-refractivity contribution in [1.82, 2.24) is 19.0 Å². The third-order valence-corrected chi connectivity index (χ3v) is 8.01. The summed E-state index contributed by atoms with van der Waals surface area (Å²) in [6.45, 7) is 0.271. The standard InChI is InChI=1S/C17H20F2N4O5S2/c1-21-12-13(11-20-21)30(27,28)23-8-4-7-22(9-10-23)16(24)14-5-2-3-6-15(14)29(25,26)17(18)19/h2-3,5-6,11-12,17H,4,7-10H2,1H3. The highest BCUT2D eigenvalue weighted by Gasteiger charge is 2.34. The molecule has 164 valence electrons. The molecule has 30 heavy (non-hydrogen) atoms. The molecule has 0 saturated carbocycles. The first kappa shape index (κ1) is 22.3. The van der Waals surface area contributed by atoms with E-state index in [-0.39, 0.29) is 36.6 Å². The molecule has 0 bridgehead atoms. The fourth-order valence-electron chi connectivity index (χ4n) is 3.18. The summed E-state index contributed by atoms with van der Waals surface area (Å²) in [4.78, 5) is 13.5. The second kappa shape index (κ2) is 8.40. The molecule has 0 radical (unpaired) electrons. The Morgan fingerprint density at radius 3 is 2.40 bits per heavy atom. The van der Waals surface area contributed by atoms with E-state index in [0.717, 1.165) is 6.07 Å². The van der Waals surface area contributed by atoms with Gasteiger partial charge in [-0.15, -0.1) is 0 Å². The van der Waals surface area contributed by atoms with E-state index in [4.69, 9.17) is 0 Å². The van der Waals surface area contributed by atoms with Crippen molar-refractivity contribution in [2.45, 2.75) is 22.0 Å². The van der Waals surface area contributed by atoms with Gasteiger partial charge in [-0.05, 0) is 18.6 Å². The largest absolute Gasteiger partial charge is 0.341 e. The monoisotopic (exact) mass is 462 g/mol. The van der Waals surface area contributed by atoms with Crippen LogP contribution in [-0.4, -0.2) is 73.7 Å². The van der Waals surface area contributed by atoms with E-state index in [1.807, 2.05) is 0 Å². The van der Waals surface area contributed by atoms with E-state index in [0.29, 0.717) is 6.42 Å². The zero-order valence-corrected chi connectivity index (χ0v) is 17.6. The van der Waals surface area contributed by atoms with Crippen LogP contribution in [0.15, 0.2) is 46.5 Å². The summed E-state index contributed by atoms with van der Waals surface area (Å²) in [5.41, 5.74) is -0.360. The number of aryl methyl sites for hydroxylation is 1. The Kier molecular flexibility index (Phi) is 6.24. The van der Waals surface area contributed by atoms with Crippen LogP contribution >= 0.6 is 0 Å². The van der Waals surface area contributed by atoms with Crippen molar-refractivity contribution >= 4 is 25.8 Å². The zero-order chi connectivity index (χ0) is 22.1. The van der Waals surface area contributed by atoms with Crippen molar-refractivity contribution < 1.29 is 30.4 Å². The molecule has 1 amide bonds. The number of halogens is 2. The molecule has 1 aliphatic heterocycles. The van der Waals surface area contributed by atoms with E-state index >= 15 is 0 Å². The van der Waals surface area contributed by atoms with Crippen molar-refractivity contribution in [2.24, 2.45) is 7.05 Å². The van der Waals surface area contributed by atoms with Gasteiger partial charge in [0.15, 0.2) is 0 Å². The highest BCUT2D eigenvalue weighted by molar-refractivity contribution is 7.91. The molecular weight excluding hydrogens is 442 g/mol. The number of carbonyl (C=O) groups is 1. The van der Waals surface area contributed by atoms with E-state index in [9.17, 15) is 30.4 Å². The van der Waals surface area contributed by atoms with Gasteiger partial charge in [0, 0.05) is 39.4 Å². The summed E-state index contributed by atoms with van der Waals surface area (Å²) in [5, 5.41) is 3.86. The Bertz CT molecular complexity index is 1150. The molecule has 0 N–H and O–H groups in total. The molecule has 9 nitrogen and oxygen atoms in total. The Morgan fingerprint density at radius 1 is 1.07 bits per heavy atom. The predicted octanol–water partition coefficient (Wildman–Crippen LogP) is 0.953. The molecule has 1 fully saturated rings. The third-order valence-electron chi connectivity index (χ3n) is 4.72. The van der Waals surface area contributed by atoms with Crippen molar-refractivity contribution in [3.8, 4) is 0 Å². The summed E-state index contributed by atoms with van der Waals surface area (Å²) in [6.07, 6.45) is 2.90. The number of sulfone groups is 1. The Balaban J connectivity index is 1.82. The highest BCUT2D eigenvalue weighted by atomic mass is 32.2. The smallest absolute Gasteiger partial charge is 0.337 e. The number of aromatic nitrogens is 2. The minimum absolute atomic E-state index is 0.0125. The second-order valence-corrected chi connectivity index (χ2v) is 10.5. The fourth-order valence-corrected chi connectivity index (χ4v) is 5.55. The number of hydrogen-bond acceptors (Lipinski definition) is 6. The van der Waals surface area contributed by atoms with E-state index in [1.165, 1.54) is 44.5 Å². The first-order valence-corrected chi connectivity index (χ1v) is 11.9. The minimum Gasteiger partial charge on any atom is -0.337 e. The molecule has 0 spiro atoms. The quantitative estimate of drug-likeness (QED) is 0.655. The van der Waals surface area contributed by atoms with E-state index in [1.54, 1.807) is 7.05 Å². The number of hydrogen-bond donors (Lipinski definition) is 0. The van der Waals surface area contributed by atoms with Crippen LogP contribution in [0.1, 0.15) is 16.8 Å². The second-order valence-electron chi connectivity index (χ2n) is 6.70. The average Bonchev–Trinajstić information content (AvgIpc) is 2.99. The van der Waals surface area contributed by atoms with Crippen LogP contribution < -0.4 is 0 Å². The summed E-state index contributed by atoms with van der Waals surface area (Å²) in [5.74, 6) is -4.40. The molecule has 1 aromatic heterocycles. The SMILES string of the molecule is Cn1cc(S(=O)(=O)N2CCCN(C(=O)c3ccccc3S(=O)(=O)C(F)F)CC2)cn1. The molecular formula is C17H20F2N4O5S2. The van der Waals surface area contributed by atoms with Gasteiger partial charge in [0.25, 0.3) is 5.91 Å². The maximum atomic E-state index is 13.0. The lowest BCUT2D eigenvalue weighted by atomic mass is 10.2. The Morgan fingerprint density at radius 2 is 1.77 bits per heavy atom. The number of amides is 1. The van der Waals surface area contributed by atoms with Crippen LogP contribution in [0.2, 0.25) is 0 Å². The van der Waals surface area contributed by atoms with Gasteiger partial charge in [-0.3, -0.25) is 9.48 Å². The molecule has 1 aliphatic rings. The van der Waals surface area contributed by atoms with Crippen LogP contribution in [0.25, 0.3) is 0 Å². The Labute approximate surface area is 172 Å². The normalized spacial score (nSPS) is 16.6. The summed E-state index contributed by atoms with van der Waals surface area (Å²) in [7, 11) is -7.18.